The molecule has 2 nitrogen and oxygen atoms in total. The monoisotopic (exact) mass is 202 g/mol. The van der Waals surface area contributed by atoms with Gasteiger partial charge in [-0.1, -0.05) is 6.92 Å². The minimum Gasteiger partial charge on any atom is -0.241 e. The van der Waals surface area contributed by atoms with Crippen LogP contribution < -0.4 is 0 Å². The molecule has 1 heterocycles. The van der Waals surface area contributed by atoms with Crippen molar-refractivity contribution < 1.29 is 0 Å². The number of fused-ring (bicyclic) bond motifs is 1. The summed E-state index contributed by atoms with van der Waals surface area (Å²) in [7, 11) is 0. The first kappa shape index (κ1) is 9.17. The van der Waals surface area contributed by atoms with Gasteiger partial charge in [0.2, 0.25) is 0 Å². The molecular weight excluding hydrogens is 192 g/mol. The highest BCUT2D eigenvalue weighted by Gasteiger charge is 2.06. The Hall–Kier alpha value is -1.40. The average molecular weight is 202 g/mol. The fourth-order valence-electron chi connectivity index (χ4n) is 1.54. The van der Waals surface area contributed by atoms with Gasteiger partial charge in [-0.2, -0.15) is 5.26 Å². The summed E-state index contributed by atoms with van der Waals surface area (Å²) < 4.78 is 1.12. The number of nitriles is 1. The quantitative estimate of drug-likeness (QED) is 0.712. The van der Waals surface area contributed by atoms with Gasteiger partial charge in [0.05, 0.1) is 26.9 Å². The maximum Gasteiger partial charge on any atom is 0.0992 e. The normalized spacial score (nSPS) is 10.4. The van der Waals surface area contributed by atoms with Crippen LogP contribution in [-0.4, -0.2) is 4.98 Å². The summed E-state index contributed by atoms with van der Waals surface area (Å²) in [5.74, 6) is 0. The molecule has 2 aromatic rings. The maximum absolute atomic E-state index is 8.86. The molecule has 0 radical (unpaired) electrons. The van der Waals surface area contributed by atoms with E-state index in [0.717, 1.165) is 27.2 Å². The van der Waals surface area contributed by atoms with E-state index < -0.39 is 0 Å². The second kappa shape index (κ2) is 3.39. The van der Waals surface area contributed by atoms with Crippen molar-refractivity contribution in [2.75, 3.05) is 0 Å². The fourth-order valence-corrected chi connectivity index (χ4v) is 2.46. The van der Waals surface area contributed by atoms with Gasteiger partial charge in [0.15, 0.2) is 0 Å². The summed E-state index contributed by atoms with van der Waals surface area (Å²) in [6.45, 7) is 4.08. The first-order valence-corrected chi connectivity index (χ1v) is 5.36. The average Bonchev–Trinajstić information content (AvgIpc) is 2.56. The standard InChI is InChI=1S/C11H10N2S/c1-3-9-4-8(6-12)5-10-11(9)13-7(2)14-10/h4-5H,3H2,1-2H3. The van der Waals surface area contributed by atoms with E-state index in [9.17, 15) is 0 Å². The van der Waals surface area contributed by atoms with Crippen LogP contribution in [0.5, 0.6) is 0 Å². The SMILES string of the molecule is CCc1cc(C#N)cc2sc(C)nc12. The van der Waals surface area contributed by atoms with Crippen LogP contribution in [0.1, 0.15) is 23.1 Å². The van der Waals surface area contributed by atoms with E-state index in [1.807, 2.05) is 19.1 Å². The highest BCUT2D eigenvalue weighted by atomic mass is 32.1. The van der Waals surface area contributed by atoms with Gasteiger partial charge in [0.1, 0.15) is 0 Å². The number of nitrogens with zero attached hydrogens (tertiary/aromatic N) is 2. The van der Waals surface area contributed by atoms with Crippen LogP contribution in [0, 0.1) is 18.3 Å². The molecule has 14 heavy (non-hydrogen) atoms. The molecule has 0 saturated heterocycles. The lowest BCUT2D eigenvalue weighted by atomic mass is 10.1. The van der Waals surface area contributed by atoms with Gasteiger partial charge in [-0.3, -0.25) is 0 Å². The Morgan fingerprint density at radius 2 is 2.29 bits per heavy atom. The molecule has 0 fully saturated rings. The van der Waals surface area contributed by atoms with Crippen LogP contribution in [0.2, 0.25) is 0 Å². The third-order valence-corrected chi connectivity index (χ3v) is 3.11. The Labute approximate surface area is 86.8 Å². The van der Waals surface area contributed by atoms with E-state index in [4.69, 9.17) is 5.26 Å². The topological polar surface area (TPSA) is 36.7 Å². The van der Waals surface area contributed by atoms with Crippen molar-refractivity contribution in [1.29, 1.82) is 5.26 Å². The zero-order chi connectivity index (χ0) is 10.1. The number of aromatic nitrogens is 1. The summed E-state index contributed by atoms with van der Waals surface area (Å²) in [5.41, 5.74) is 2.97. The number of thiazole rings is 1. The van der Waals surface area contributed by atoms with Crippen molar-refractivity contribution in [3.05, 3.63) is 28.3 Å². The van der Waals surface area contributed by atoms with E-state index in [2.05, 4.69) is 18.0 Å². The van der Waals surface area contributed by atoms with E-state index in [0.29, 0.717) is 0 Å². The molecule has 0 bridgehead atoms. The van der Waals surface area contributed by atoms with Gasteiger partial charge in [0, 0.05) is 0 Å². The molecule has 0 aliphatic heterocycles. The predicted molar refractivity (Wildman–Crippen MR) is 58.5 cm³/mol. The number of rotatable bonds is 1. The molecule has 70 valence electrons. The van der Waals surface area contributed by atoms with E-state index in [1.165, 1.54) is 5.56 Å². The molecule has 0 N–H and O–H groups in total. The molecule has 0 amide bonds. The molecule has 0 atom stereocenters. The Morgan fingerprint density at radius 1 is 1.50 bits per heavy atom. The van der Waals surface area contributed by atoms with E-state index in [-0.39, 0.29) is 0 Å². The van der Waals surface area contributed by atoms with Gasteiger partial charge in [-0.15, -0.1) is 11.3 Å². The van der Waals surface area contributed by atoms with Crippen molar-refractivity contribution in [3.63, 3.8) is 0 Å². The summed E-state index contributed by atoms with van der Waals surface area (Å²) >= 11 is 1.65. The van der Waals surface area contributed by atoms with E-state index >= 15 is 0 Å². The predicted octanol–water partition coefficient (Wildman–Crippen LogP) is 3.04. The Morgan fingerprint density at radius 3 is 2.93 bits per heavy atom. The number of aryl methyl sites for hydroxylation is 2. The van der Waals surface area contributed by atoms with Crippen LogP contribution in [-0.2, 0) is 6.42 Å². The molecule has 2 rings (SSSR count). The molecule has 0 saturated carbocycles. The maximum atomic E-state index is 8.86. The van der Waals surface area contributed by atoms with Crippen molar-refractivity contribution in [2.45, 2.75) is 20.3 Å². The van der Waals surface area contributed by atoms with Crippen molar-refractivity contribution in [3.8, 4) is 6.07 Å². The van der Waals surface area contributed by atoms with Crippen molar-refractivity contribution in [2.24, 2.45) is 0 Å². The fraction of sp³-hybridized carbons (Fsp3) is 0.273. The highest BCUT2D eigenvalue weighted by Crippen LogP contribution is 2.26. The van der Waals surface area contributed by atoms with Crippen LogP contribution in [0.3, 0.4) is 0 Å². The highest BCUT2D eigenvalue weighted by molar-refractivity contribution is 7.18. The number of hydrogen-bond acceptors (Lipinski definition) is 3. The second-order valence-electron chi connectivity index (χ2n) is 3.18. The number of hydrogen-bond donors (Lipinski definition) is 0. The van der Waals surface area contributed by atoms with Crippen LogP contribution in [0.25, 0.3) is 10.2 Å². The molecule has 3 heteroatoms. The molecule has 0 unspecified atom stereocenters. The van der Waals surface area contributed by atoms with Gasteiger partial charge in [-0.05, 0) is 31.0 Å². The molecule has 0 aliphatic carbocycles. The molecule has 1 aromatic heterocycles. The van der Waals surface area contributed by atoms with Crippen LogP contribution in [0.15, 0.2) is 12.1 Å². The third-order valence-electron chi connectivity index (χ3n) is 2.19. The van der Waals surface area contributed by atoms with Gasteiger partial charge < -0.3 is 0 Å². The smallest absolute Gasteiger partial charge is 0.0992 e. The molecule has 1 aromatic carbocycles. The van der Waals surface area contributed by atoms with Crippen LogP contribution in [0.4, 0.5) is 0 Å². The second-order valence-corrected chi connectivity index (χ2v) is 4.42. The largest absolute Gasteiger partial charge is 0.241 e. The first-order valence-electron chi connectivity index (χ1n) is 4.54. The molecule has 0 spiro atoms. The first-order chi connectivity index (χ1) is 6.74. The summed E-state index contributed by atoms with van der Waals surface area (Å²) in [5, 5.41) is 9.92. The van der Waals surface area contributed by atoms with Gasteiger partial charge in [-0.25, -0.2) is 4.98 Å². The van der Waals surface area contributed by atoms with Gasteiger partial charge >= 0.3 is 0 Å². The third kappa shape index (κ3) is 1.38. The minimum atomic E-state index is 0.734. The molecular formula is C11H10N2S. The van der Waals surface area contributed by atoms with Crippen molar-refractivity contribution >= 4 is 21.6 Å². The van der Waals surface area contributed by atoms with E-state index in [1.54, 1.807) is 11.3 Å². The zero-order valence-electron chi connectivity index (χ0n) is 8.16. The minimum absolute atomic E-state index is 0.734. The zero-order valence-corrected chi connectivity index (χ0v) is 8.98. The Bertz CT molecular complexity index is 520. The van der Waals surface area contributed by atoms with Gasteiger partial charge in [0.25, 0.3) is 0 Å². The van der Waals surface area contributed by atoms with Crippen molar-refractivity contribution in [1.82, 2.24) is 4.98 Å². The Kier molecular flexibility index (Phi) is 2.22. The molecule has 0 aliphatic rings. The van der Waals surface area contributed by atoms with Crippen LogP contribution >= 0.6 is 11.3 Å². The lowest BCUT2D eigenvalue weighted by molar-refractivity contribution is 1.14. The lowest BCUT2D eigenvalue weighted by Crippen LogP contribution is -1.85. The summed E-state index contributed by atoms with van der Waals surface area (Å²) in [4.78, 5) is 4.47. The summed E-state index contributed by atoms with van der Waals surface area (Å²) in [6, 6.07) is 6.03. The number of benzene rings is 1. The lowest BCUT2D eigenvalue weighted by Gasteiger charge is -1.98. The summed E-state index contributed by atoms with van der Waals surface area (Å²) in [6.07, 6.45) is 0.926. The Balaban J connectivity index is 2.80.